The minimum atomic E-state index is -0.792. The Morgan fingerprint density at radius 3 is 2.58 bits per heavy atom. The predicted octanol–water partition coefficient (Wildman–Crippen LogP) is 1.88. The highest BCUT2D eigenvalue weighted by atomic mass is 16.5. The molecular formula is C23H23N3O5. The third kappa shape index (κ3) is 4.14. The van der Waals surface area contributed by atoms with Crippen molar-refractivity contribution in [1.82, 2.24) is 9.80 Å². The van der Waals surface area contributed by atoms with Gasteiger partial charge in [-0.2, -0.15) is 0 Å². The lowest BCUT2D eigenvalue weighted by molar-refractivity contribution is -0.164. The number of ether oxygens (including phenoxy) is 1. The lowest BCUT2D eigenvalue weighted by Crippen LogP contribution is -2.55. The highest BCUT2D eigenvalue weighted by Gasteiger charge is 2.43. The highest BCUT2D eigenvalue weighted by molar-refractivity contribution is 6.06. The van der Waals surface area contributed by atoms with E-state index in [0.717, 1.165) is 10.5 Å². The molecule has 1 saturated heterocycles. The molecule has 160 valence electrons. The number of nitrogen functional groups attached to an aromatic ring is 1. The Labute approximate surface area is 179 Å². The van der Waals surface area contributed by atoms with Gasteiger partial charge in [0.15, 0.2) is 6.73 Å². The Morgan fingerprint density at radius 2 is 1.84 bits per heavy atom. The number of hydrogen-bond acceptors (Lipinski definition) is 6. The molecule has 8 heteroatoms. The number of benzene rings is 2. The van der Waals surface area contributed by atoms with E-state index in [1.165, 1.54) is 4.90 Å². The van der Waals surface area contributed by atoms with Crippen LogP contribution in [-0.2, 0) is 32.1 Å². The summed E-state index contributed by atoms with van der Waals surface area (Å²) in [6.45, 7) is -0.227. The maximum absolute atomic E-state index is 13.0. The van der Waals surface area contributed by atoms with Crippen LogP contribution < -0.4 is 5.73 Å². The van der Waals surface area contributed by atoms with Crippen molar-refractivity contribution in [3.05, 3.63) is 65.2 Å². The van der Waals surface area contributed by atoms with Gasteiger partial charge in [-0.3, -0.25) is 19.2 Å². The number of amides is 3. The summed E-state index contributed by atoms with van der Waals surface area (Å²) < 4.78 is 5.18. The molecule has 2 aromatic carbocycles. The van der Waals surface area contributed by atoms with Gasteiger partial charge in [0.1, 0.15) is 6.04 Å². The normalized spacial score (nSPS) is 18.3. The van der Waals surface area contributed by atoms with Gasteiger partial charge in [0.25, 0.3) is 11.8 Å². The second kappa shape index (κ2) is 8.59. The Morgan fingerprint density at radius 1 is 1.06 bits per heavy atom. The number of fused-ring (bicyclic) bond motifs is 1. The van der Waals surface area contributed by atoms with E-state index in [1.54, 1.807) is 18.2 Å². The number of likely N-dealkylation sites (tertiary alicyclic amines) is 1. The first-order valence-electron chi connectivity index (χ1n) is 10.2. The van der Waals surface area contributed by atoms with Crippen LogP contribution in [0.3, 0.4) is 0 Å². The van der Waals surface area contributed by atoms with Gasteiger partial charge in [-0.15, -0.1) is 0 Å². The summed E-state index contributed by atoms with van der Waals surface area (Å²) in [6.07, 6.45) is 0.971. The van der Waals surface area contributed by atoms with Crippen LogP contribution in [0.4, 0.5) is 5.69 Å². The minimum absolute atomic E-state index is 0.0909. The average Bonchev–Trinajstić information content (AvgIpc) is 3.11. The van der Waals surface area contributed by atoms with Gasteiger partial charge in [-0.1, -0.05) is 36.4 Å². The summed E-state index contributed by atoms with van der Waals surface area (Å²) in [4.78, 5) is 52.6. The van der Waals surface area contributed by atoms with E-state index in [4.69, 9.17) is 10.5 Å². The number of aryl methyl sites for hydroxylation is 1. The molecular weight excluding hydrogens is 398 g/mol. The number of nitrogens with zero attached hydrogens (tertiary/aromatic N) is 2. The van der Waals surface area contributed by atoms with Crippen molar-refractivity contribution >= 4 is 29.4 Å². The third-order valence-corrected chi connectivity index (χ3v) is 5.71. The van der Waals surface area contributed by atoms with Crippen molar-refractivity contribution in [1.29, 1.82) is 0 Å². The molecule has 0 spiro atoms. The molecule has 1 fully saturated rings. The molecule has 2 aliphatic rings. The molecule has 8 nitrogen and oxygen atoms in total. The molecule has 1 unspecified atom stereocenters. The fraction of sp³-hybridized carbons (Fsp3) is 0.304. The van der Waals surface area contributed by atoms with Crippen LogP contribution in [-0.4, -0.2) is 46.3 Å². The number of carbonyl (C=O) groups excluding carboxylic acids is 4. The van der Waals surface area contributed by atoms with E-state index in [1.807, 2.05) is 30.3 Å². The van der Waals surface area contributed by atoms with Crippen molar-refractivity contribution in [3.63, 3.8) is 0 Å². The van der Waals surface area contributed by atoms with Crippen LogP contribution in [0.2, 0.25) is 0 Å². The van der Waals surface area contributed by atoms with Gasteiger partial charge in [-0.05, 0) is 30.5 Å². The number of carbonyl (C=O) groups is 4. The van der Waals surface area contributed by atoms with Crippen molar-refractivity contribution in [2.45, 2.75) is 38.3 Å². The number of hydrogen-bond donors (Lipinski definition) is 1. The van der Waals surface area contributed by atoms with Crippen molar-refractivity contribution < 1.29 is 23.9 Å². The molecule has 0 aromatic heterocycles. The van der Waals surface area contributed by atoms with Crippen LogP contribution in [0, 0.1) is 0 Å². The molecule has 0 bridgehead atoms. The molecule has 4 rings (SSSR count). The summed E-state index contributed by atoms with van der Waals surface area (Å²) in [5.74, 6) is -1.73. The molecule has 0 saturated carbocycles. The minimum Gasteiger partial charge on any atom is -0.444 e. The second-order valence-corrected chi connectivity index (χ2v) is 7.65. The molecule has 0 radical (unpaired) electrons. The fourth-order valence-electron chi connectivity index (χ4n) is 3.98. The molecule has 2 aromatic rings. The molecule has 2 heterocycles. The Balaban J connectivity index is 1.37. The first-order chi connectivity index (χ1) is 15.0. The van der Waals surface area contributed by atoms with Gasteiger partial charge < -0.3 is 15.4 Å². The molecule has 1 atom stereocenters. The Kier molecular flexibility index (Phi) is 5.70. The molecule has 2 N–H and O–H groups in total. The zero-order valence-electron chi connectivity index (χ0n) is 17.0. The summed E-state index contributed by atoms with van der Waals surface area (Å²) in [5.41, 5.74) is 8.64. The number of rotatable bonds is 6. The first kappa shape index (κ1) is 20.6. The van der Waals surface area contributed by atoms with Crippen LogP contribution >= 0.6 is 0 Å². The van der Waals surface area contributed by atoms with Crippen molar-refractivity contribution in [2.24, 2.45) is 0 Å². The highest BCUT2D eigenvalue weighted by Crippen LogP contribution is 2.31. The standard InChI is InChI=1S/C23H23N3O5/c24-18-8-4-7-16-17(18)13-25(22(16)29)19-10-11-20(27)26(23(19)30)14-31-21(28)12-9-15-5-2-1-3-6-15/h1-8,19H,9-14,24H2. The van der Waals surface area contributed by atoms with Crippen LogP contribution in [0.25, 0.3) is 0 Å². The van der Waals surface area contributed by atoms with Gasteiger partial charge in [-0.25, -0.2) is 4.90 Å². The van der Waals surface area contributed by atoms with E-state index in [2.05, 4.69) is 0 Å². The monoisotopic (exact) mass is 421 g/mol. The van der Waals surface area contributed by atoms with Gasteiger partial charge >= 0.3 is 5.97 Å². The SMILES string of the molecule is Nc1cccc2c1CN(C1CCC(=O)N(COC(=O)CCc3ccccc3)C1=O)C2=O. The molecule has 3 amide bonds. The maximum Gasteiger partial charge on any atom is 0.307 e. The molecule has 31 heavy (non-hydrogen) atoms. The van der Waals surface area contributed by atoms with E-state index in [0.29, 0.717) is 23.2 Å². The second-order valence-electron chi connectivity index (χ2n) is 7.65. The first-order valence-corrected chi connectivity index (χ1v) is 10.2. The fourth-order valence-corrected chi connectivity index (χ4v) is 3.98. The third-order valence-electron chi connectivity index (χ3n) is 5.71. The topological polar surface area (TPSA) is 110 Å². The lowest BCUT2D eigenvalue weighted by atomic mass is 10.0. The quantitative estimate of drug-likeness (QED) is 0.433. The predicted molar refractivity (Wildman–Crippen MR) is 111 cm³/mol. The van der Waals surface area contributed by atoms with E-state index in [9.17, 15) is 19.2 Å². The van der Waals surface area contributed by atoms with Gasteiger partial charge in [0.05, 0.1) is 0 Å². The van der Waals surface area contributed by atoms with E-state index >= 15 is 0 Å². The van der Waals surface area contributed by atoms with E-state index in [-0.39, 0.29) is 31.7 Å². The van der Waals surface area contributed by atoms with Crippen LogP contribution in [0.5, 0.6) is 0 Å². The Bertz CT molecular complexity index is 1040. The summed E-state index contributed by atoms with van der Waals surface area (Å²) in [5, 5.41) is 0. The van der Waals surface area contributed by atoms with Crippen molar-refractivity contribution in [2.75, 3.05) is 12.5 Å². The smallest absolute Gasteiger partial charge is 0.307 e. The summed E-state index contributed by atoms with van der Waals surface area (Å²) >= 11 is 0. The number of imide groups is 1. The number of piperidine rings is 1. The lowest BCUT2D eigenvalue weighted by Gasteiger charge is -2.35. The largest absolute Gasteiger partial charge is 0.444 e. The molecule has 2 aliphatic heterocycles. The van der Waals surface area contributed by atoms with Crippen molar-refractivity contribution in [3.8, 4) is 0 Å². The zero-order chi connectivity index (χ0) is 22.0. The summed E-state index contributed by atoms with van der Waals surface area (Å²) in [7, 11) is 0. The van der Waals surface area contributed by atoms with Crippen LogP contribution in [0.15, 0.2) is 48.5 Å². The number of esters is 1. The molecule has 0 aliphatic carbocycles. The Hall–Kier alpha value is -3.68. The van der Waals surface area contributed by atoms with Gasteiger partial charge in [0, 0.05) is 36.2 Å². The zero-order valence-corrected chi connectivity index (χ0v) is 17.0. The number of nitrogens with two attached hydrogens (primary N) is 1. The maximum atomic E-state index is 13.0. The van der Waals surface area contributed by atoms with Gasteiger partial charge in [0.2, 0.25) is 5.91 Å². The van der Waals surface area contributed by atoms with E-state index < -0.39 is 30.6 Å². The summed E-state index contributed by atoms with van der Waals surface area (Å²) in [6, 6.07) is 13.8. The number of anilines is 1. The van der Waals surface area contributed by atoms with Crippen LogP contribution in [0.1, 0.15) is 40.7 Å². The average molecular weight is 421 g/mol.